The summed E-state index contributed by atoms with van der Waals surface area (Å²) >= 11 is 0. The SMILES string of the molecule is COc1cc(F)c(N2CCN(CCCC3CCCCC3)CC2)cc1F. The van der Waals surface area contributed by atoms with Crippen molar-refractivity contribution in [1.29, 1.82) is 0 Å². The number of hydrogen-bond acceptors (Lipinski definition) is 3. The first-order valence-corrected chi connectivity index (χ1v) is 9.67. The standard InChI is InChI=1S/C20H30F2N2O/c1-25-20-15-17(21)19(14-18(20)22)24-12-10-23(11-13-24)9-5-8-16-6-3-2-4-7-16/h14-16H,2-13H2,1H3. The van der Waals surface area contributed by atoms with Crippen LogP contribution in [0, 0.1) is 17.6 Å². The molecule has 1 aliphatic carbocycles. The first-order valence-electron chi connectivity index (χ1n) is 9.67. The Labute approximate surface area is 149 Å². The van der Waals surface area contributed by atoms with Gasteiger partial charge in [-0.3, -0.25) is 4.90 Å². The second-order valence-electron chi connectivity index (χ2n) is 7.41. The Balaban J connectivity index is 1.44. The van der Waals surface area contributed by atoms with Gasteiger partial charge in [-0.15, -0.1) is 0 Å². The quantitative estimate of drug-likeness (QED) is 0.752. The predicted octanol–water partition coefficient (Wildman–Crippen LogP) is 4.46. The number of rotatable bonds is 6. The minimum Gasteiger partial charge on any atom is -0.494 e. The fourth-order valence-electron chi connectivity index (χ4n) is 4.21. The van der Waals surface area contributed by atoms with Gasteiger partial charge < -0.3 is 9.64 Å². The molecule has 1 aromatic rings. The molecule has 140 valence electrons. The maximum Gasteiger partial charge on any atom is 0.167 e. The third-order valence-corrected chi connectivity index (χ3v) is 5.75. The molecule has 0 unspecified atom stereocenters. The molecule has 5 heteroatoms. The summed E-state index contributed by atoms with van der Waals surface area (Å²) in [7, 11) is 1.35. The molecule has 0 bridgehead atoms. The molecule has 1 saturated carbocycles. The lowest BCUT2D eigenvalue weighted by Gasteiger charge is -2.36. The zero-order valence-corrected chi connectivity index (χ0v) is 15.3. The van der Waals surface area contributed by atoms with Crippen LogP contribution in [0.25, 0.3) is 0 Å². The summed E-state index contributed by atoms with van der Waals surface area (Å²) in [5.41, 5.74) is 0.347. The molecule has 1 aromatic carbocycles. The molecule has 2 fully saturated rings. The van der Waals surface area contributed by atoms with Crippen molar-refractivity contribution in [3.05, 3.63) is 23.8 Å². The van der Waals surface area contributed by atoms with Crippen LogP contribution in [0.3, 0.4) is 0 Å². The average molecular weight is 352 g/mol. The van der Waals surface area contributed by atoms with E-state index in [0.29, 0.717) is 5.69 Å². The van der Waals surface area contributed by atoms with Crippen molar-refractivity contribution < 1.29 is 13.5 Å². The van der Waals surface area contributed by atoms with Crippen molar-refractivity contribution in [2.24, 2.45) is 5.92 Å². The molecule has 1 heterocycles. The summed E-state index contributed by atoms with van der Waals surface area (Å²) in [6.07, 6.45) is 9.67. The van der Waals surface area contributed by atoms with Crippen molar-refractivity contribution in [1.82, 2.24) is 4.90 Å². The van der Waals surface area contributed by atoms with Crippen LogP contribution in [0.5, 0.6) is 5.75 Å². The van der Waals surface area contributed by atoms with Crippen LogP contribution >= 0.6 is 0 Å². The number of halogens is 2. The number of ether oxygens (including phenoxy) is 1. The topological polar surface area (TPSA) is 15.7 Å². The van der Waals surface area contributed by atoms with Crippen molar-refractivity contribution in [2.45, 2.75) is 44.9 Å². The summed E-state index contributed by atoms with van der Waals surface area (Å²) in [4.78, 5) is 4.40. The predicted molar refractivity (Wildman–Crippen MR) is 97.4 cm³/mol. The molecule has 2 aliphatic rings. The third kappa shape index (κ3) is 4.84. The van der Waals surface area contributed by atoms with Gasteiger partial charge in [0.15, 0.2) is 11.6 Å². The molecule has 25 heavy (non-hydrogen) atoms. The molecular weight excluding hydrogens is 322 g/mol. The molecule has 1 aliphatic heterocycles. The lowest BCUT2D eigenvalue weighted by Crippen LogP contribution is -2.47. The van der Waals surface area contributed by atoms with Crippen molar-refractivity contribution in [3.8, 4) is 5.75 Å². The number of piperazine rings is 1. The first-order chi connectivity index (χ1) is 12.2. The highest BCUT2D eigenvalue weighted by atomic mass is 19.1. The molecule has 1 saturated heterocycles. The summed E-state index contributed by atoms with van der Waals surface area (Å²) in [6.45, 7) is 4.44. The Kier molecular flexibility index (Phi) is 6.51. The molecule has 3 nitrogen and oxygen atoms in total. The van der Waals surface area contributed by atoms with E-state index in [4.69, 9.17) is 4.74 Å². The second kappa shape index (κ2) is 8.84. The Morgan fingerprint density at radius 2 is 1.72 bits per heavy atom. The van der Waals surface area contributed by atoms with E-state index in [9.17, 15) is 8.78 Å². The van der Waals surface area contributed by atoms with Crippen molar-refractivity contribution in [3.63, 3.8) is 0 Å². The first kappa shape index (κ1) is 18.4. The molecule has 0 N–H and O–H groups in total. The van der Waals surface area contributed by atoms with Crippen molar-refractivity contribution >= 4 is 5.69 Å². The summed E-state index contributed by atoms with van der Waals surface area (Å²) < 4.78 is 32.9. The average Bonchev–Trinajstić information content (AvgIpc) is 2.65. The minimum atomic E-state index is -0.506. The van der Waals surface area contributed by atoms with Gasteiger partial charge in [-0.2, -0.15) is 0 Å². The van der Waals surface area contributed by atoms with Crippen LogP contribution in [0.4, 0.5) is 14.5 Å². The van der Waals surface area contributed by atoms with E-state index in [-0.39, 0.29) is 5.75 Å². The van der Waals surface area contributed by atoms with Crippen LogP contribution in [0.1, 0.15) is 44.9 Å². The van der Waals surface area contributed by atoms with Gasteiger partial charge in [-0.1, -0.05) is 32.1 Å². The molecule has 0 aromatic heterocycles. The van der Waals surface area contributed by atoms with E-state index < -0.39 is 11.6 Å². The summed E-state index contributed by atoms with van der Waals surface area (Å²) in [5.74, 6) is -0.0215. The van der Waals surface area contributed by atoms with E-state index >= 15 is 0 Å². The van der Waals surface area contributed by atoms with Gasteiger partial charge in [0.1, 0.15) is 5.82 Å². The van der Waals surface area contributed by atoms with Crippen LogP contribution in [0.2, 0.25) is 0 Å². The highest BCUT2D eigenvalue weighted by Crippen LogP contribution is 2.29. The summed E-state index contributed by atoms with van der Waals surface area (Å²) in [5, 5.41) is 0. The lowest BCUT2D eigenvalue weighted by atomic mass is 9.86. The zero-order valence-electron chi connectivity index (χ0n) is 15.3. The monoisotopic (exact) mass is 352 g/mol. The Morgan fingerprint density at radius 1 is 1.00 bits per heavy atom. The third-order valence-electron chi connectivity index (χ3n) is 5.75. The zero-order chi connectivity index (χ0) is 17.6. The Morgan fingerprint density at radius 3 is 2.40 bits per heavy atom. The van der Waals surface area contributed by atoms with Gasteiger partial charge in [-0.05, 0) is 25.3 Å². The molecule has 0 amide bonds. The van der Waals surface area contributed by atoms with Crippen LogP contribution in [0.15, 0.2) is 12.1 Å². The van der Waals surface area contributed by atoms with Gasteiger partial charge in [0, 0.05) is 38.3 Å². The highest BCUT2D eigenvalue weighted by Gasteiger charge is 2.21. The number of benzene rings is 1. The maximum absolute atomic E-state index is 14.2. The number of hydrogen-bond donors (Lipinski definition) is 0. The van der Waals surface area contributed by atoms with E-state index in [1.807, 2.05) is 4.90 Å². The fraction of sp³-hybridized carbons (Fsp3) is 0.700. The highest BCUT2D eigenvalue weighted by molar-refractivity contribution is 5.51. The Bertz CT molecular complexity index is 553. The van der Waals surface area contributed by atoms with Gasteiger partial charge in [-0.25, -0.2) is 8.78 Å². The Hall–Kier alpha value is -1.36. The van der Waals surface area contributed by atoms with Crippen LogP contribution in [-0.4, -0.2) is 44.7 Å². The maximum atomic E-state index is 14.2. The van der Waals surface area contributed by atoms with Gasteiger partial charge in [0.25, 0.3) is 0 Å². The molecule has 0 spiro atoms. The van der Waals surface area contributed by atoms with E-state index in [0.717, 1.165) is 44.7 Å². The number of nitrogens with zero attached hydrogens (tertiary/aromatic N) is 2. The molecular formula is C20H30F2N2O. The summed E-state index contributed by atoms with van der Waals surface area (Å²) in [6, 6.07) is 2.40. The van der Waals surface area contributed by atoms with Crippen molar-refractivity contribution in [2.75, 3.05) is 44.7 Å². The molecule has 0 atom stereocenters. The molecule has 0 radical (unpaired) electrons. The largest absolute Gasteiger partial charge is 0.494 e. The smallest absolute Gasteiger partial charge is 0.167 e. The van der Waals surface area contributed by atoms with E-state index in [1.165, 1.54) is 58.1 Å². The lowest BCUT2D eigenvalue weighted by molar-refractivity contribution is 0.237. The minimum absolute atomic E-state index is 0.0393. The second-order valence-corrected chi connectivity index (χ2v) is 7.41. The number of methoxy groups -OCH3 is 1. The van der Waals surface area contributed by atoms with Crippen LogP contribution in [-0.2, 0) is 0 Å². The van der Waals surface area contributed by atoms with Gasteiger partial charge in [0.05, 0.1) is 12.8 Å². The van der Waals surface area contributed by atoms with E-state index in [1.54, 1.807) is 0 Å². The van der Waals surface area contributed by atoms with E-state index in [2.05, 4.69) is 4.90 Å². The molecule has 3 rings (SSSR count). The normalized spacial score (nSPS) is 20.0. The fourth-order valence-corrected chi connectivity index (χ4v) is 4.21. The van der Waals surface area contributed by atoms with Gasteiger partial charge >= 0.3 is 0 Å². The number of anilines is 1. The van der Waals surface area contributed by atoms with Gasteiger partial charge in [0.2, 0.25) is 0 Å². The van der Waals surface area contributed by atoms with Crippen LogP contribution < -0.4 is 9.64 Å².